The minimum atomic E-state index is -1.03. The van der Waals surface area contributed by atoms with Crippen LogP contribution in [0, 0.1) is 5.92 Å². The summed E-state index contributed by atoms with van der Waals surface area (Å²) in [5.74, 6) is -0.541. The molecule has 7 nitrogen and oxygen atoms in total. The average molecular weight is 414 g/mol. The fourth-order valence-corrected chi connectivity index (χ4v) is 5.27. The molecule has 0 radical (unpaired) electrons. The number of nitrogens with one attached hydrogen (secondary N) is 2. The standard InChI is InChI=1S/C23H31N3O4/c1-30-20(27)9-12-23(18-5-3-2-4-6-18)21(28)26(22(29)25-23)19-8-7-16-10-13-24-14-11-17(16)15-19/h7-8,15,18,24H,2-6,9-14H2,1H3,(H,25,29). The molecule has 1 saturated carbocycles. The molecule has 7 heteroatoms. The number of benzene rings is 1. The number of hydrogen-bond acceptors (Lipinski definition) is 5. The van der Waals surface area contributed by atoms with E-state index in [-0.39, 0.29) is 36.7 Å². The maximum Gasteiger partial charge on any atom is 0.329 e. The zero-order chi connectivity index (χ0) is 21.1. The number of urea groups is 1. The van der Waals surface area contributed by atoms with Gasteiger partial charge in [0.2, 0.25) is 0 Å². The smallest absolute Gasteiger partial charge is 0.329 e. The highest BCUT2D eigenvalue weighted by atomic mass is 16.5. The van der Waals surface area contributed by atoms with Crippen LogP contribution in [0.1, 0.15) is 56.1 Å². The van der Waals surface area contributed by atoms with Gasteiger partial charge in [-0.1, -0.05) is 25.3 Å². The second kappa shape index (κ2) is 8.76. The third-order valence-electron chi connectivity index (χ3n) is 6.96. The first kappa shape index (κ1) is 20.8. The molecule has 1 unspecified atom stereocenters. The molecule has 4 rings (SSSR count). The third kappa shape index (κ3) is 3.83. The topological polar surface area (TPSA) is 87.7 Å². The van der Waals surface area contributed by atoms with Gasteiger partial charge in [-0.2, -0.15) is 0 Å². The summed E-state index contributed by atoms with van der Waals surface area (Å²) in [4.78, 5) is 40.0. The van der Waals surface area contributed by atoms with Crippen LogP contribution in [0.15, 0.2) is 18.2 Å². The summed E-state index contributed by atoms with van der Waals surface area (Å²) < 4.78 is 4.81. The van der Waals surface area contributed by atoms with Gasteiger partial charge >= 0.3 is 12.0 Å². The summed E-state index contributed by atoms with van der Waals surface area (Å²) in [6.45, 7) is 1.83. The van der Waals surface area contributed by atoms with Gasteiger partial charge in [0.05, 0.1) is 12.8 Å². The van der Waals surface area contributed by atoms with Gasteiger partial charge in [0.15, 0.2) is 0 Å². The van der Waals surface area contributed by atoms with Crippen molar-refractivity contribution in [3.05, 3.63) is 29.3 Å². The van der Waals surface area contributed by atoms with Gasteiger partial charge in [-0.3, -0.25) is 9.59 Å². The number of methoxy groups -OCH3 is 1. The lowest BCUT2D eigenvalue weighted by atomic mass is 9.72. The molecule has 2 N–H and O–H groups in total. The minimum absolute atomic E-state index is 0.0439. The van der Waals surface area contributed by atoms with Crippen molar-refractivity contribution in [1.29, 1.82) is 0 Å². The van der Waals surface area contributed by atoms with Crippen molar-refractivity contribution < 1.29 is 19.1 Å². The summed E-state index contributed by atoms with van der Waals surface area (Å²) >= 11 is 0. The van der Waals surface area contributed by atoms with Crippen LogP contribution in [-0.2, 0) is 27.2 Å². The molecule has 3 amide bonds. The van der Waals surface area contributed by atoms with Gasteiger partial charge in [-0.15, -0.1) is 0 Å². The molecule has 1 aromatic carbocycles. The Morgan fingerprint density at radius 1 is 1.13 bits per heavy atom. The molecule has 1 atom stereocenters. The molecular formula is C23H31N3O4. The van der Waals surface area contributed by atoms with Crippen LogP contribution in [0.3, 0.4) is 0 Å². The van der Waals surface area contributed by atoms with Crippen LogP contribution in [0.5, 0.6) is 0 Å². The van der Waals surface area contributed by atoms with Gasteiger partial charge in [-0.25, -0.2) is 9.69 Å². The van der Waals surface area contributed by atoms with E-state index in [9.17, 15) is 14.4 Å². The molecule has 1 aromatic rings. The molecule has 0 spiro atoms. The Morgan fingerprint density at radius 3 is 2.60 bits per heavy atom. The number of rotatable bonds is 5. The zero-order valence-electron chi connectivity index (χ0n) is 17.7. The lowest BCUT2D eigenvalue weighted by Crippen LogP contribution is -2.54. The van der Waals surface area contributed by atoms with Crippen LogP contribution in [0.4, 0.5) is 10.5 Å². The number of fused-ring (bicyclic) bond motifs is 1. The van der Waals surface area contributed by atoms with Crippen molar-refractivity contribution >= 4 is 23.6 Å². The largest absolute Gasteiger partial charge is 0.469 e. The highest BCUT2D eigenvalue weighted by molar-refractivity contribution is 6.23. The number of carbonyl (C=O) groups is 3. The number of esters is 1. The number of carbonyl (C=O) groups excluding carboxylic acids is 3. The summed E-state index contributed by atoms with van der Waals surface area (Å²) in [7, 11) is 1.35. The Labute approximate surface area is 177 Å². The second-order valence-electron chi connectivity index (χ2n) is 8.66. The summed E-state index contributed by atoms with van der Waals surface area (Å²) in [6, 6.07) is 5.51. The van der Waals surface area contributed by atoms with Crippen LogP contribution in [-0.4, -0.2) is 43.6 Å². The quantitative estimate of drug-likeness (QED) is 0.572. The molecule has 30 heavy (non-hydrogen) atoms. The van der Waals surface area contributed by atoms with E-state index in [1.54, 1.807) is 0 Å². The van der Waals surface area contributed by atoms with E-state index in [0.717, 1.165) is 58.0 Å². The Bertz CT molecular complexity index is 834. The zero-order valence-corrected chi connectivity index (χ0v) is 17.7. The number of ether oxygens (including phenoxy) is 1. The molecule has 0 bridgehead atoms. The van der Waals surface area contributed by atoms with Crippen molar-refractivity contribution in [2.75, 3.05) is 25.1 Å². The van der Waals surface area contributed by atoms with E-state index in [0.29, 0.717) is 5.69 Å². The van der Waals surface area contributed by atoms with Crippen molar-refractivity contribution in [2.45, 2.75) is 63.3 Å². The molecule has 1 aliphatic carbocycles. The number of nitrogens with zero attached hydrogens (tertiary/aromatic N) is 1. The van der Waals surface area contributed by atoms with Gasteiger partial charge < -0.3 is 15.4 Å². The second-order valence-corrected chi connectivity index (χ2v) is 8.66. The first-order valence-corrected chi connectivity index (χ1v) is 11.1. The molecule has 2 fully saturated rings. The Morgan fingerprint density at radius 2 is 1.87 bits per heavy atom. The Kier molecular flexibility index (Phi) is 6.09. The molecule has 1 saturated heterocycles. The lowest BCUT2D eigenvalue weighted by molar-refractivity contribution is -0.141. The molecule has 0 aromatic heterocycles. The fraction of sp³-hybridized carbons (Fsp3) is 0.609. The Hall–Kier alpha value is -2.41. The predicted octanol–water partition coefficient (Wildman–Crippen LogP) is 2.70. The fourth-order valence-electron chi connectivity index (χ4n) is 5.27. The summed E-state index contributed by atoms with van der Waals surface area (Å²) in [5, 5.41) is 6.41. The number of imide groups is 1. The molecule has 2 heterocycles. The minimum Gasteiger partial charge on any atom is -0.469 e. The Balaban J connectivity index is 1.65. The maximum absolute atomic E-state index is 13.8. The maximum atomic E-state index is 13.8. The molecule has 162 valence electrons. The molecule has 2 aliphatic heterocycles. The van der Waals surface area contributed by atoms with E-state index in [2.05, 4.69) is 10.6 Å². The summed E-state index contributed by atoms with van der Waals surface area (Å²) in [6.07, 6.45) is 7.22. The first-order valence-electron chi connectivity index (χ1n) is 11.1. The number of anilines is 1. The van der Waals surface area contributed by atoms with Gasteiger partial charge in [0.1, 0.15) is 5.54 Å². The normalized spacial score (nSPS) is 24.9. The predicted molar refractivity (Wildman–Crippen MR) is 113 cm³/mol. The first-order chi connectivity index (χ1) is 14.5. The van der Waals surface area contributed by atoms with E-state index in [1.807, 2.05) is 18.2 Å². The van der Waals surface area contributed by atoms with Crippen molar-refractivity contribution in [1.82, 2.24) is 10.6 Å². The SMILES string of the molecule is COC(=O)CCC1(C2CCCCC2)NC(=O)N(c2ccc3c(c2)CCNCC3)C1=O. The van der Waals surface area contributed by atoms with Crippen molar-refractivity contribution in [3.8, 4) is 0 Å². The van der Waals surface area contributed by atoms with E-state index in [1.165, 1.54) is 23.1 Å². The monoisotopic (exact) mass is 413 g/mol. The van der Waals surface area contributed by atoms with E-state index >= 15 is 0 Å². The number of hydrogen-bond donors (Lipinski definition) is 2. The third-order valence-corrected chi connectivity index (χ3v) is 6.96. The number of amides is 3. The van der Waals surface area contributed by atoms with Crippen LogP contribution >= 0.6 is 0 Å². The highest BCUT2D eigenvalue weighted by Gasteiger charge is 2.56. The molecular weight excluding hydrogens is 382 g/mol. The van der Waals surface area contributed by atoms with Crippen molar-refractivity contribution in [3.63, 3.8) is 0 Å². The van der Waals surface area contributed by atoms with Gasteiger partial charge in [0, 0.05) is 6.42 Å². The lowest BCUT2D eigenvalue weighted by Gasteiger charge is -2.37. The van der Waals surface area contributed by atoms with Crippen molar-refractivity contribution in [2.24, 2.45) is 5.92 Å². The summed E-state index contributed by atoms with van der Waals surface area (Å²) in [5.41, 5.74) is 2.04. The van der Waals surface area contributed by atoms with E-state index < -0.39 is 5.54 Å². The van der Waals surface area contributed by atoms with Gasteiger partial charge in [0.25, 0.3) is 5.91 Å². The van der Waals surface area contributed by atoms with Crippen LogP contribution in [0.25, 0.3) is 0 Å². The average Bonchev–Trinajstić information content (AvgIpc) is 2.90. The molecule has 3 aliphatic rings. The highest BCUT2D eigenvalue weighted by Crippen LogP contribution is 2.41. The van der Waals surface area contributed by atoms with E-state index in [4.69, 9.17) is 4.74 Å². The van der Waals surface area contributed by atoms with Crippen LogP contribution < -0.4 is 15.5 Å². The van der Waals surface area contributed by atoms with Gasteiger partial charge in [-0.05, 0) is 74.4 Å². The van der Waals surface area contributed by atoms with Crippen LogP contribution in [0.2, 0.25) is 0 Å².